The number of aryl methyl sites for hydroxylation is 3. The third kappa shape index (κ3) is 4.52. The van der Waals surface area contributed by atoms with Crippen molar-refractivity contribution in [1.29, 1.82) is 0 Å². The van der Waals surface area contributed by atoms with Crippen LogP contribution in [0.5, 0.6) is 0 Å². The summed E-state index contributed by atoms with van der Waals surface area (Å²) >= 11 is 0. The first-order valence-electron chi connectivity index (χ1n) is 9.99. The van der Waals surface area contributed by atoms with Crippen LogP contribution in [0.25, 0.3) is 0 Å². The summed E-state index contributed by atoms with van der Waals surface area (Å²) in [5, 5.41) is 3.03. The Morgan fingerprint density at radius 1 is 1.07 bits per heavy atom. The van der Waals surface area contributed by atoms with Gasteiger partial charge in [-0.3, -0.25) is 4.79 Å². The largest absolute Gasteiger partial charge is 0.379 e. The van der Waals surface area contributed by atoms with Crippen molar-refractivity contribution in [2.75, 3.05) is 31.6 Å². The first-order valence-corrected chi connectivity index (χ1v) is 11.4. The predicted molar refractivity (Wildman–Crippen MR) is 114 cm³/mol. The first-order chi connectivity index (χ1) is 13.9. The van der Waals surface area contributed by atoms with Crippen molar-refractivity contribution in [2.45, 2.75) is 38.5 Å². The highest BCUT2D eigenvalue weighted by molar-refractivity contribution is 7.89. The van der Waals surface area contributed by atoms with Crippen molar-refractivity contribution in [2.24, 2.45) is 0 Å². The number of carbonyl (C=O) groups excluding carboxylic acids is 1. The second-order valence-corrected chi connectivity index (χ2v) is 9.04. The summed E-state index contributed by atoms with van der Waals surface area (Å²) in [5.41, 5.74) is 4.05. The van der Waals surface area contributed by atoms with Crippen LogP contribution in [-0.2, 0) is 27.6 Å². The van der Waals surface area contributed by atoms with E-state index in [-0.39, 0.29) is 10.8 Å². The number of ether oxygens (including phenoxy) is 1. The van der Waals surface area contributed by atoms with E-state index in [9.17, 15) is 13.2 Å². The van der Waals surface area contributed by atoms with Gasteiger partial charge in [-0.1, -0.05) is 38.1 Å². The van der Waals surface area contributed by atoms with Crippen molar-refractivity contribution in [1.82, 2.24) is 4.31 Å². The number of para-hydroxylation sites is 1. The molecule has 1 heterocycles. The molecule has 1 aliphatic heterocycles. The first kappa shape index (κ1) is 21.5. The van der Waals surface area contributed by atoms with Gasteiger partial charge in [-0.15, -0.1) is 0 Å². The number of morpholine rings is 1. The lowest BCUT2D eigenvalue weighted by Gasteiger charge is -2.26. The number of amides is 1. The van der Waals surface area contributed by atoms with Crippen molar-refractivity contribution >= 4 is 21.6 Å². The number of benzene rings is 2. The Bertz CT molecular complexity index is 974. The molecule has 0 aromatic heterocycles. The van der Waals surface area contributed by atoms with Crippen LogP contribution >= 0.6 is 0 Å². The fourth-order valence-electron chi connectivity index (χ4n) is 3.53. The summed E-state index contributed by atoms with van der Waals surface area (Å²) < 4.78 is 32.6. The smallest absolute Gasteiger partial charge is 0.255 e. The standard InChI is InChI=1S/C22H28N2O4S/c1-4-17-7-6-8-18(5-2)21(17)23-22(25)20-15-19(10-9-16(20)3)29(26,27)24-11-13-28-14-12-24/h6-10,15H,4-5,11-14H2,1-3H3,(H,23,25). The molecule has 29 heavy (non-hydrogen) atoms. The van der Waals surface area contributed by atoms with E-state index in [2.05, 4.69) is 5.32 Å². The third-order valence-electron chi connectivity index (χ3n) is 5.30. The number of anilines is 1. The number of hydrogen-bond donors (Lipinski definition) is 1. The molecular formula is C22H28N2O4S. The number of rotatable bonds is 6. The zero-order chi connectivity index (χ0) is 21.0. The summed E-state index contributed by atoms with van der Waals surface area (Å²) in [6, 6.07) is 10.7. The monoisotopic (exact) mass is 416 g/mol. The number of nitrogens with one attached hydrogen (secondary N) is 1. The lowest BCUT2D eigenvalue weighted by atomic mass is 10.0. The van der Waals surface area contributed by atoms with Crippen LogP contribution < -0.4 is 5.32 Å². The van der Waals surface area contributed by atoms with Gasteiger partial charge in [0.1, 0.15) is 0 Å². The van der Waals surface area contributed by atoms with Crippen LogP contribution in [0.3, 0.4) is 0 Å². The van der Waals surface area contributed by atoms with E-state index in [4.69, 9.17) is 4.74 Å². The van der Waals surface area contributed by atoms with Crippen LogP contribution in [0.2, 0.25) is 0 Å². The van der Waals surface area contributed by atoms with Crippen molar-refractivity contribution in [3.05, 3.63) is 58.7 Å². The number of carbonyl (C=O) groups is 1. The molecule has 0 radical (unpaired) electrons. The SMILES string of the molecule is CCc1cccc(CC)c1NC(=O)c1cc(S(=O)(=O)N2CCOCC2)ccc1C. The average molecular weight is 417 g/mol. The number of sulfonamides is 1. The van der Waals surface area contributed by atoms with E-state index in [0.29, 0.717) is 31.9 Å². The lowest BCUT2D eigenvalue weighted by Crippen LogP contribution is -2.40. The predicted octanol–water partition coefficient (Wildman–Crippen LogP) is 3.39. The average Bonchev–Trinajstić information content (AvgIpc) is 2.74. The molecule has 7 heteroatoms. The molecule has 0 aliphatic carbocycles. The molecule has 1 amide bonds. The van der Waals surface area contributed by atoms with E-state index in [1.54, 1.807) is 12.1 Å². The Balaban J connectivity index is 1.94. The summed E-state index contributed by atoms with van der Waals surface area (Å²) in [6.45, 7) is 7.31. The van der Waals surface area contributed by atoms with Gasteiger partial charge in [0.25, 0.3) is 5.91 Å². The van der Waals surface area contributed by atoms with Gasteiger partial charge in [-0.05, 0) is 48.6 Å². The van der Waals surface area contributed by atoms with E-state index in [0.717, 1.165) is 35.2 Å². The Kier molecular flexibility index (Phi) is 6.72. The maximum atomic E-state index is 13.1. The van der Waals surface area contributed by atoms with Crippen molar-refractivity contribution in [3.8, 4) is 0 Å². The number of hydrogen-bond acceptors (Lipinski definition) is 4. The van der Waals surface area contributed by atoms with Gasteiger partial charge in [-0.2, -0.15) is 4.31 Å². The quantitative estimate of drug-likeness (QED) is 0.783. The maximum absolute atomic E-state index is 13.1. The van der Waals surface area contributed by atoms with Crippen LogP contribution in [0.1, 0.15) is 40.9 Å². The summed E-state index contributed by atoms with van der Waals surface area (Å²) in [7, 11) is -3.66. The molecule has 0 unspecified atom stereocenters. The Hall–Kier alpha value is -2.22. The van der Waals surface area contributed by atoms with E-state index in [1.807, 2.05) is 39.0 Å². The molecule has 2 aromatic rings. The zero-order valence-corrected chi connectivity index (χ0v) is 18.0. The van der Waals surface area contributed by atoms with Crippen molar-refractivity contribution in [3.63, 3.8) is 0 Å². The molecule has 0 saturated carbocycles. The Morgan fingerprint density at radius 3 is 2.28 bits per heavy atom. The van der Waals surface area contributed by atoms with E-state index < -0.39 is 10.0 Å². The van der Waals surface area contributed by atoms with Crippen LogP contribution in [0.15, 0.2) is 41.3 Å². The van der Waals surface area contributed by atoms with Gasteiger partial charge in [0.05, 0.1) is 18.1 Å². The highest BCUT2D eigenvalue weighted by Gasteiger charge is 2.27. The van der Waals surface area contributed by atoms with Gasteiger partial charge in [0.15, 0.2) is 0 Å². The minimum Gasteiger partial charge on any atom is -0.379 e. The zero-order valence-electron chi connectivity index (χ0n) is 17.2. The Labute approximate surface area is 172 Å². The molecule has 0 spiro atoms. The number of nitrogens with zero attached hydrogens (tertiary/aromatic N) is 1. The summed E-state index contributed by atoms with van der Waals surface area (Å²) in [6.07, 6.45) is 1.60. The van der Waals surface area contributed by atoms with Gasteiger partial charge < -0.3 is 10.1 Å². The second-order valence-electron chi connectivity index (χ2n) is 7.11. The Morgan fingerprint density at radius 2 is 1.69 bits per heavy atom. The summed E-state index contributed by atoms with van der Waals surface area (Å²) in [5.74, 6) is -0.294. The third-order valence-corrected chi connectivity index (χ3v) is 7.19. The van der Waals surface area contributed by atoms with Gasteiger partial charge in [0.2, 0.25) is 10.0 Å². The van der Waals surface area contributed by atoms with Gasteiger partial charge >= 0.3 is 0 Å². The molecule has 1 aliphatic rings. The molecule has 1 fully saturated rings. The highest BCUT2D eigenvalue weighted by atomic mass is 32.2. The van der Waals surface area contributed by atoms with Crippen molar-refractivity contribution < 1.29 is 17.9 Å². The molecule has 6 nitrogen and oxygen atoms in total. The van der Waals surface area contributed by atoms with E-state index >= 15 is 0 Å². The lowest BCUT2D eigenvalue weighted by molar-refractivity contribution is 0.0730. The topological polar surface area (TPSA) is 75.7 Å². The molecule has 2 aromatic carbocycles. The minimum atomic E-state index is -3.66. The molecular weight excluding hydrogens is 388 g/mol. The molecule has 0 bridgehead atoms. The van der Waals surface area contributed by atoms with Crippen LogP contribution in [-0.4, -0.2) is 44.9 Å². The maximum Gasteiger partial charge on any atom is 0.255 e. The minimum absolute atomic E-state index is 0.134. The molecule has 1 saturated heterocycles. The fourth-order valence-corrected chi connectivity index (χ4v) is 4.96. The fraction of sp³-hybridized carbons (Fsp3) is 0.409. The van der Waals surface area contributed by atoms with Crippen LogP contribution in [0, 0.1) is 6.92 Å². The highest BCUT2D eigenvalue weighted by Crippen LogP contribution is 2.25. The van der Waals surface area contributed by atoms with Gasteiger partial charge in [0, 0.05) is 24.3 Å². The molecule has 1 N–H and O–H groups in total. The summed E-state index contributed by atoms with van der Waals surface area (Å²) in [4.78, 5) is 13.2. The van der Waals surface area contributed by atoms with Gasteiger partial charge in [-0.25, -0.2) is 8.42 Å². The molecule has 0 atom stereocenters. The van der Waals surface area contributed by atoms with Crippen LogP contribution in [0.4, 0.5) is 5.69 Å². The van der Waals surface area contributed by atoms with E-state index in [1.165, 1.54) is 10.4 Å². The second kappa shape index (κ2) is 9.07. The molecule has 3 rings (SSSR count). The normalized spacial score (nSPS) is 15.3. The molecule has 156 valence electrons.